The number of hydrogen-bond donors (Lipinski definition) is 2. The highest BCUT2D eigenvalue weighted by Gasteiger charge is 2.46. The van der Waals surface area contributed by atoms with Gasteiger partial charge >= 0.3 is 11.8 Å². The smallest absolute Gasteiger partial charge is 0.431 e. The Labute approximate surface area is 162 Å². The Morgan fingerprint density at radius 2 is 2.14 bits per heavy atom. The largest absolute Gasteiger partial charge is 0.508 e. The fourth-order valence-electron chi connectivity index (χ4n) is 3.11. The van der Waals surface area contributed by atoms with E-state index in [0.717, 1.165) is 30.3 Å². The van der Waals surface area contributed by atoms with Crippen LogP contribution in [0.3, 0.4) is 0 Å². The van der Waals surface area contributed by atoms with E-state index in [-0.39, 0.29) is 18.5 Å². The highest BCUT2D eigenvalue weighted by molar-refractivity contribution is 5.60. The Morgan fingerprint density at radius 1 is 1.46 bits per heavy atom. The van der Waals surface area contributed by atoms with Gasteiger partial charge in [0.15, 0.2) is 6.23 Å². The molecule has 0 bridgehead atoms. The highest BCUT2D eigenvalue weighted by atomic mass is 16.7. The number of nitrogens with two attached hydrogens (primary N) is 1. The van der Waals surface area contributed by atoms with Gasteiger partial charge in [-0.25, -0.2) is 9.59 Å². The molecular weight excluding hydrogens is 368 g/mol. The Balaban J connectivity index is 2.00. The molecule has 1 aromatic rings. The summed E-state index contributed by atoms with van der Waals surface area (Å²) in [7, 11) is 0. The number of nitrogens with zero attached hydrogens (tertiary/aromatic N) is 3. The van der Waals surface area contributed by atoms with Crippen molar-refractivity contribution >= 4 is 12.0 Å². The first kappa shape index (κ1) is 21.7. The molecule has 1 fully saturated rings. The van der Waals surface area contributed by atoms with Crippen LogP contribution in [-0.4, -0.2) is 45.7 Å². The van der Waals surface area contributed by atoms with Crippen molar-refractivity contribution in [1.82, 2.24) is 9.55 Å². The summed E-state index contributed by atoms with van der Waals surface area (Å²) < 4.78 is 17.0. The Bertz CT molecular complexity index is 755. The minimum atomic E-state index is -1.26. The number of ether oxygens (including phenoxy) is 3. The summed E-state index contributed by atoms with van der Waals surface area (Å²) in [6, 6.07) is 3.31. The number of nitrogen functional groups attached to an aromatic ring is 1. The maximum atomic E-state index is 12.0. The van der Waals surface area contributed by atoms with E-state index in [1.165, 1.54) is 12.3 Å². The number of carbonyl (C=O) groups is 1. The number of aliphatic hydroxyl groups excluding tert-OH is 1. The average Bonchev–Trinajstić information content (AvgIpc) is 2.96. The van der Waals surface area contributed by atoms with Gasteiger partial charge in [0.1, 0.15) is 36.7 Å². The van der Waals surface area contributed by atoms with Gasteiger partial charge in [-0.05, 0) is 18.9 Å². The van der Waals surface area contributed by atoms with E-state index in [2.05, 4.69) is 4.98 Å². The summed E-state index contributed by atoms with van der Waals surface area (Å²) >= 11 is 0. The minimum Gasteiger partial charge on any atom is -0.431 e. The lowest BCUT2D eigenvalue weighted by molar-refractivity contribution is -0.0645. The molecule has 28 heavy (non-hydrogen) atoms. The second-order valence-electron chi connectivity index (χ2n) is 6.63. The third-order valence-corrected chi connectivity index (χ3v) is 4.49. The van der Waals surface area contributed by atoms with Gasteiger partial charge < -0.3 is 25.1 Å². The number of nitriles is 1. The van der Waals surface area contributed by atoms with Crippen LogP contribution in [0.15, 0.2) is 17.1 Å². The van der Waals surface area contributed by atoms with E-state index in [1.54, 1.807) is 0 Å². The SMILES string of the molecule is CCCC(CCC)OC(=O)OC[C@H]1O[C@@H](n2ccc(N)nc2=O)[C@@H](C#N)[C@@H]1O. The lowest BCUT2D eigenvalue weighted by atomic mass is 10.0. The van der Waals surface area contributed by atoms with E-state index in [9.17, 15) is 20.0 Å². The van der Waals surface area contributed by atoms with Crippen LogP contribution < -0.4 is 11.4 Å². The second kappa shape index (κ2) is 10.1. The third kappa shape index (κ3) is 5.21. The maximum absolute atomic E-state index is 12.0. The van der Waals surface area contributed by atoms with Crippen LogP contribution in [0.4, 0.5) is 10.6 Å². The molecule has 1 aliphatic rings. The lowest BCUT2D eigenvalue weighted by Crippen LogP contribution is -2.32. The Hall–Kier alpha value is -2.64. The van der Waals surface area contributed by atoms with E-state index in [1.807, 2.05) is 19.9 Å². The summed E-state index contributed by atoms with van der Waals surface area (Å²) in [5.74, 6) is -1.01. The zero-order chi connectivity index (χ0) is 20.7. The van der Waals surface area contributed by atoms with Crippen LogP contribution >= 0.6 is 0 Å². The molecular formula is C18H26N4O6. The number of rotatable bonds is 8. The second-order valence-corrected chi connectivity index (χ2v) is 6.63. The predicted octanol–water partition coefficient (Wildman–Crippen LogP) is 1.35. The first-order chi connectivity index (χ1) is 13.4. The number of aromatic nitrogens is 2. The van der Waals surface area contributed by atoms with Crippen molar-refractivity contribution < 1.29 is 24.1 Å². The third-order valence-electron chi connectivity index (χ3n) is 4.49. The van der Waals surface area contributed by atoms with Gasteiger partial charge in [-0.3, -0.25) is 4.57 Å². The minimum absolute atomic E-state index is 0.0321. The molecule has 10 heteroatoms. The molecule has 4 atom stereocenters. The average molecular weight is 394 g/mol. The van der Waals surface area contributed by atoms with Crippen molar-refractivity contribution in [2.45, 2.75) is 64.1 Å². The quantitative estimate of drug-likeness (QED) is 0.623. The summed E-state index contributed by atoms with van der Waals surface area (Å²) in [5.41, 5.74) is 4.75. The molecule has 2 rings (SSSR count). The van der Waals surface area contributed by atoms with Crippen LogP contribution in [0.1, 0.15) is 45.8 Å². The fraction of sp³-hybridized carbons (Fsp3) is 0.667. The van der Waals surface area contributed by atoms with Crippen molar-refractivity contribution in [2.24, 2.45) is 5.92 Å². The maximum Gasteiger partial charge on any atom is 0.508 e. The lowest BCUT2D eigenvalue weighted by Gasteiger charge is -2.18. The fourth-order valence-corrected chi connectivity index (χ4v) is 3.11. The summed E-state index contributed by atoms with van der Waals surface area (Å²) in [6.07, 6.45) is 0.159. The van der Waals surface area contributed by atoms with Gasteiger partial charge in [0.25, 0.3) is 0 Å². The first-order valence-electron chi connectivity index (χ1n) is 9.32. The van der Waals surface area contributed by atoms with Crippen molar-refractivity contribution in [3.8, 4) is 6.07 Å². The van der Waals surface area contributed by atoms with Gasteiger partial charge in [-0.15, -0.1) is 0 Å². The van der Waals surface area contributed by atoms with Gasteiger partial charge in [0.2, 0.25) is 0 Å². The molecule has 0 radical (unpaired) electrons. The zero-order valence-corrected chi connectivity index (χ0v) is 16.0. The molecule has 10 nitrogen and oxygen atoms in total. The van der Waals surface area contributed by atoms with Crippen LogP contribution in [0, 0.1) is 17.2 Å². The van der Waals surface area contributed by atoms with Crippen LogP contribution in [0.5, 0.6) is 0 Å². The van der Waals surface area contributed by atoms with E-state index in [0.29, 0.717) is 0 Å². The van der Waals surface area contributed by atoms with Crippen molar-refractivity contribution in [2.75, 3.05) is 12.3 Å². The van der Waals surface area contributed by atoms with Crippen molar-refractivity contribution in [3.63, 3.8) is 0 Å². The molecule has 0 saturated carbocycles. The molecule has 1 aromatic heterocycles. The number of carbonyl (C=O) groups excluding carboxylic acids is 1. The molecule has 0 spiro atoms. The number of anilines is 1. The molecule has 0 aromatic carbocycles. The topological polar surface area (TPSA) is 150 Å². The number of hydrogen-bond acceptors (Lipinski definition) is 9. The van der Waals surface area contributed by atoms with E-state index in [4.69, 9.17) is 19.9 Å². The molecule has 3 N–H and O–H groups in total. The molecule has 0 amide bonds. The number of aliphatic hydroxyl groups is 1. The monoisotopic (exact) mass is 394 g/mol. The molecule has 2 heterocycles. The summed E-state index contributed by atoms with van der Waals surface area (Å²) in [6.45, 7) is 3.68. The van der Waals surface area contributed by atoms with Gasteiger partial charge in [-0.1, -0.05) is 26.7 Å². The normalized spacial score (nSPS) is 24.1. The molecule has 0 unspecified atom stereocenters. The molecule has 1 aliphatic heterocycles. The standard InChI is InChI=1S/C18H26N4O6/c1-3-5-11(6-4-2)27-18(25)26-10-13-15(23)12(9-19)16(28-13)22-8-7-14(20)21-17(22)24/h7-8,11-13,15-16,23H,3-6,10H2,1-2H3,(H2,20,21,24)/t12-,13+,15-,16+/m0/s1. The molecule has 154 valence electrons. The first-order valence-corrected chi connectivity index (χ1v) is 9.32. The molecule has 0 aliphatic carbocycles. The Morgan fingerprint density at radius 3 is 2.71 bits per heavy atom. The van der Waals surface area contributed by atoms with Gasteiger partial charge in [0.05, 0.1) is 6.07 Å². The highest BCUT2D eigenvalue weighted by Crippen LogP contribution is 2.33. The van der Waals surface area contributed by atoms with E-state index >= 15 is 0 Å². The van der Waals surface area contributed by atoms with Gasteiger partial charge in [0, 0.05) is 6.20 Å². The van der Waals surface area contributed by atoms with E-state index < -0.39 is 36.2 Å². The summed E-state index contributed by atoms with van der Waals surface area (Å²) in [4.78, 5) is 27.5. The zero-order valence-electron chi connectivity index (χ0n) is 16.0. The summed E-state index contributed by atoms with van der Waals surface area (Å²) in [5, 5.41) is 19.7. The van der Waals surface area contributed by atoms with Crippen molar-refractivity contribution in [3.05, 3.63) is 22.7 Å². The van der Waals surface area contributed by atoms with Crippen LogP contribution in [-0.2, 0) is 14.2 Å². The van der Waals surface area contributed by atoms with Crippen LogP contribution in [0.25, 0.3) is 0 Å². The van der Waals surface area contributed by atoms with Crippen molar-refractivity contribution in [1.29, 1.82) is 5.26 Å². The van der Waals surface area contributed by atoms with Gasteiger partial charge in [-0.2, -0.15) is 10.2 Å². The van der Waals surface area contributed by atoms with Crippen LogP contribution in [0.2, 0.25) is 0 Å². The predicted molar refractivity (Wildman–Crippen MR) is 98.0 cm³/mol. The molecule has 1 saturated heterocycles. The Kier molecular flexibility index (Phi) is 7.78.